The first kappa shape index (κ1) is 23.9. The van der Waals surface area contributed by atoms with Crippen LogP contribution in [0.25, 0.3) is 0 Å². The molecule has 3 heterocycles. The second kappa shape index (κ2) is 11.2. The molecule has 178 valence electrons. The molecular formula is C27H39N5O. The van der Waals surface area contributed by atoms with Gasteiger partial charge in [0.1, 0.15) is 0 Å². The van der Waals surface area contributed by atoms with Gasteiger partial charge in [-0.15, -0.1) is 0 Å². The molecule has 1 aromatic carbocycles. The Balaban J connectivity index is 1.39. The van der Waals surface area contributed by atoms with E-state index in [0.29, 0.717) is 12.5 Å². The number of piperazine rings is 1. The number of likely N-dealkylation sites (N-methyl/N-ethyl adjacent to an activating group) is 1. The highest BCUT2D eigenvalue weighted by atomic mass is 16.1. The van der Waals surface area contributed by atoms with Gasteiger partial charge < -0.3 is 15.1 Å². The van der Waals surface area contributed by atoms with Gasteiger partial charge in [-0.25, -0.2) is 0 Å². The summed E-state index contributed by atoms with van der Waals surface area (Å²) in [5, 5.41) is 3.24. The third kappa shape index (κ3) is 7.10. The summed E-state index contributed by atoms with van der Waals surface area (Å²) in [7, 11) is 2.20. The van der Waals surface area contributed by atoms with E-state index >= 15 is 0 Å². The van der Waals surface area contributed by atoms with Crippen LogP contribution in [0.1, 0.15) is 28.7 Å². The Bertz CT molecular complexity index is 890. The van der Waals surface area contributed by atoms with Crippen molar-refractivity contribution in [1.29, 1.82) is 0 Å². The molecule has 0 spiro atoms. The summed E-state index contributed by atoms with van der Waals surface area (Å²) in [6.07, 6.45) is 4.68. The van der Waals surface area contributed by atoms with Crippen LogP contribution in [0.2, 0.25) is 0 Å². The molecule has 0 unspecified atom stereocenters. The Morgan fingerprint density at radius 2 is 1.67 bits per heavy atom. The maximum Gasteiger partial charge on any atom is 0.224 e. The number of likely N-dealkylation sites (tertiary alicyclic amines) is 1. The molecule has 2 saturated heterocycles. The van der Waals surface area contributed by atoms with Crippen molar-refractivity contribution in [2.24, 2.45) is 11.8 Å². The maximum atomic E-state index is 13.3. The van der Waals surface area contributed by atoms with E-state index in [4.69, 9.17) is 0 Å². The summed E-state index contributed by atoms with van der Waals surface area (Å²) in [6, 6.07) is 10.7. The smallest absolute Gasteiger partial charge is 0.224 e. The molecule has 2 atom stereocenters. The average Bonchev–Trinajstić information content (AvgIpc) is 2.79. The number of nitrogens with one attached hydrogen (secondary N) is 1. The van der Waals surface area contributed by atoms with E-state index in [-0.39, 0.29) is 11.8 Å². The highest BCUT2D eigenvalue weighted by Gasteiger charge is 2.33. The first-order valence-electron chi connectivity index (χ1n) is 12.3. The van der Waals surface area contributed by atoms with Crippen LogP contribution in [0, 0.1) is 25.7 Å². The lowest BCUT2D eigenvalue weighted by Gasteiger charge is -2.41. The van der Waals surface area contributed by atoms with Crippen molar-refractivity contribution in [3.8, 4) is 0 Å². The summed E-state index contributed by atoms with van der Waals surface area (Å²) in [5.41, 5.74) is 4.93. The predicted octanol–water partition coefficient (Wildman–Crippen LogP) is 2.70. The van der Waals surface area contributed by atoms with Gasteiger partial charge in [0.2, 0.25) is 5.91 Å². The molecule has 33 heavy (non-hydrogen) atoms. The molecule has 0 saturated carbocycles. The molecule has 2 fully saturated rings. The van der Waals surface area contributed by atoms with Crippen molar-refractivity contribution >= 4 is 5.91 Å². The molecule has 1 N–H and O–H groups in total. The Labute approximate surface area is 199 Å². The molecule has 6 nitrogen and oxygen atoms in total. The highest BCUT2D eigenvalue weighted by molar-refractivity contribution is 5.79. The first-order valence-corrected chi connectivity index (χ1v) is 12.3. The van der Waals surface area contributed by atoms with Crippen LogP contribution in [0.4, 0.5) is 0 Å². The Hall–Kier alpha value is -2.28. The van der Waals surface area contributed by atoms with Crippen LogP contribution in [0.3, 0.4) is 0 Å². The van der Waals surface area contributed by atoms with Gasteiger partial charge in [0, 0.05) is 71.3 Å². The number of aromatic nitrogens is 1. The van der Waals surface area contributed by atoms with Crippen LogP contribution in [0.15, 0.2) is 42.7 Å². The minimum atomic E-state index is 0.0314. The monoisotopic (exact) mass is 449 g/mol. The topological polar surface area (TPSA) is 51.7 Å². The molecule has 0 radical (unpaired) electrons. The lowest BCUT2D eigenvalue weighted by molar-refractivity contribution is -0.128. The van der Waals surface area contributed by atoms with Gasteiger partial charge in [0.05, 0.1) is 5.92 Å². The van der Waals surface area contributed by atoms with Gasteiger partial charge in [0.15, 0.2) is 0 Å². The fourth-order valence-corrected chi connectivity index (χ4v) is 5.40. The Morgan fingerprint density at radius 1 is 0.970 bits per heavy atom. The molecule has 1 amide bonds. The summed E-state index contributed by atoms with van der Waals surface area (Å²) in [4.78, 5) is 24.9. The zero-order valence-corrected chi connectivity index (χ0v) is 20.5. The number of benzene rings is 1. The predicted molar refractivity (Wildman–Crippen MR) is 133 cm³/mol. The van der Waals surface area contributed by atoms with E-state index in [9.17, 15) is 4.79 Å². The van der Waals surface area contributed by atoms with Crippen molar-refractivity contribution in [2.45, 2.75) is 33.4 Å². The summed E-state index contributed by atoms with van der Waals surface area (Å²) >= 11 is 0. The molecule has 4 rings (SSSR count). The van der Waals surface area contributed by atoms with E-state index in [1.807, 2.05) is 12.4 Å². The van der Waals surface area contributed by atoms with Gasteiger partial charge in [-0.2, -0.15) is 0 Å². The van der Waals surface area contributed by atoms with Gasteiger partial charge in [-0.1, -0.05) is 29.3 Å². The number of rotatable bonds is 7. The quantitative estimate of drug-likeness (QED) is 0.704. The number of hydrogen-bond acceptors (Lipinski definition) is 5. The van der Waals surface area contributed by atoms with Crippen LogP contribution >= 0.6 is 0 Å². The standard InChI is InChI=1S/C27H39N5O/c1-21-12-22(2)14-24(13-21)16-29-27(33)26-15-25(18-31-10-8-30(3)9-11-31)19-32(20-26)17-23-4-6-28-7-5-23/h4-7,12-14,25-26H,8-11,15-20H2,1-3H3,(H,29,33)/t25-,26-/m1/s1. The molecule has 0 aliphatic carbocycles. The third-order valence-corrected chi connectivity index (χ3v) is 7.00. The van der Waals surface area contributed by atoms with Crippen molar-refractivity contribution in [1.82, 2.24) is 25.0 Å². The molecule has 2 aliphatic rings. The van der Waals surface area contributed by atoms with E-state index in [1.165, 1.54) is 22.3 Å². The van der Waals surface area contributed by atoms with E-state index in [2.05, 4.69) is 76.2 Å². The van der Waals surface area contributed by atoms with Crippen molar-refractivity contribution in [3.05, 3.63) is 65.0 Å². The summed E-state index contributed by atoms with van der Waals surface area (Å²) in [6.45, 7) is 13.2. The molecule has 2 aliphatic heterocycles. The van der Waals surface area contributed by atoms with Crippen LogP contribution < -0.4 is 5.32 Å². The molecule has 2 aromatic rings. The number of piperidine rings is 1. The van der Waals surface area contributed by atoms with Crippen molar-refractivity contribution in [2.75, 3.05) is 52.9 Å². The SMILES string of the molecule is Cc1cc(C)cc(CNC(=O)[C@@H]2C[C@H](CN3CCN(C)CC3)CN(Cc3ccncc3)C2)c1. The van der Waals surface area contributed by atoms with Crippen molar-refractivity contribution in [3.63, 3.8) is 0 Å². The number of pyridine rings is 1. The summed E-state index contributed by atoms with van der Waals surface area (Å²) in [5.74, 6) is 0.738. The first-order chi connectivity index (χ1) is 15.9. The van der Waals surface area contributed by atoms with E-state index < -0.39 is 0 Å². The van der Waals surface area contributed by atoms with Crippen LogP contribution in [-0.4, -0.2) is 78.5 Å². The Kier molecular flexibility index (Phi) is 8.12. The average molecular weight is 450 g/mol. The zero-order valence-electron chi connectivity index (χ0n) is 20.5. The molecule has 1 aromatic heterocycles. The van der Waals surface area contributed by atoms with Gasteiger partial charge in [-0.3, -0.25) is 14.7 Å². The third-order valence-electron chi connectivity index (χ3n) is 7.00. The number of hydrogen-bond donors (Lipinski definition) is 1. The second-order valence-electron chi connectivity index (χ2n) is 10.2. The van der Waals surface area contributed by atoms with E-state index in [1.54, 1.807) is 0 Å². The zero-order chi connectivity index (χ0) is 23.2. The fourth-order valence-electron chi connectivity index (χ4n) is 5.40. The number of nitrogens with zero attached hydrogens (tertiary/aromatic N) is 4. The van der Waals surface area contributed by atoms with E-state index in [0.717, 1.165) is 58.8 Å². The minimum Gasteiger partial charge on any atom is -0.352 e. The summed E-state index contributed by atoms with van der Waals surface area (Å²) < 4.78 is 0. The Morgan fingerprint density at radius 3 is 2.36 bits per heavy atom. The van der Waals surface area contributed by atoms with Crippen LogP contribution in [-0.2, 0) is 17.9 Å². The largest absolute Gasteiger partial charge is 0.352 e. The number of carbonyl (C=O) groups excluding carboxylic acids is 1. The minimum absolute atomic E-state index is 0.0314. The number of carbonyl (C=O) groups is 1. The van der Waals surface area contributed by atoms with Crippen molar-refractivity contribution < 1.29 is 4.79 Å². The van der Waals surface area contributed by atoms with Crippen LogP contribution in [0.5, 0.6) is 0 Å². The second-order valence-corrected chi connectivity index (χ2v) is 10.2. The normalized spacial score (nSPS) is 22.9. The fraction of sp³-hybridized carbons (Fsp3) is 0.556. The van der Waals surface area contributed by atoms with Gasteiger partial charge >= 0.3 is 0 Å². The lowest BCUT2D eigenvalue weighted by atomic mass is 9.87. The molecule has 0 bridgehead atoms. The maximum absolute atomic E-state index is 13.3. The molecule has 6 heteroatoms. The van der Waals surface area contributed by atoms with Gasteiger partial charge in [0.25, 0.3) is 0 Å². The number of aryl methyl sites for hydroxylation is 2. The highest BCUT2D eigenvalue weighted by Crippen LogP contribution is 2.25. The number of amides is 1. The van der Waals surface area contributed by atoms with Gasteiger partial charge in [-0.05, 0) is 56.5 Å². The lowest BCUT2D eigenvalue weighted by Crippen LogP contribution is -2.51. The molecular weight excluding hydrogens is 410 g/mol.